The number of nitrogens with zero attached hydrogens (tertiary/aromatic N) is 1. The second kappa shape index (κ2) is 6.41. The lowest BCUT2D eigenvalue weighted by atomic mass is 10.1. The Labute approximate surface area is 113 Å². The van der Waals surface area contributed by atoms with E-state index in [1.807, 2.05) is 24.3 Å². The van der Waals surface area contributed by atoms with Gasteiger partial charge in [-0.1, -0.05) is 43.1 Å². The molecule has 0 spiro atoms. The van der Waals surface area contributed by atoms with E-state index < -0.39 is 0 Å². The van der Waals surface area contributed by atoms with Crippen LogP contribution in [0, 0.1) is 0 Å². The van der Waals surface area contributed by atoms with Crippen LogP contribution in [0.5, 0.6) is 5.75 Å². The molecule has 0 radical (unpaired) electrons. The summed E-state index contributed by atoms with van der Waals surface area (Å²) in [5.74, 6) is 0.858. The molecule has 0 aliphatic heterocycles. The standard InChI is InChI=1S/C15H16ClNO/c1-2-4-12-7-9-14(10-8-12)18-11-13-5-3-6-15(16)17-13/h3,5-10H,2,4,11H2,1H3. The molecule has 0 atom stereocenters. The van der Waals surface area contributed by atoms with Gasteiger partial charge in [0, 0.05) is 0 Å². The van der Waals surface area contributed by atoms with E-state index in [1.165, 1.54) is 5.56 Å². The zero-order chi connectivity index (χ0) is 12.8. The first-order chi connectivity index (χ1) is 8.78. The highest BCUT2D eigenvalue weighted by atomic mass is 35.5. The van der Waals surface area contributed by atoms with Gasteiger partial charge < -0.3 is 4.74 Å². The number of pyridine rings is 1. The molecule has 3 heteroatoms. The summed E-state index contributed by atoms with van der Waals surface area (Å²) >= 11 is 5.82. The van der Waals surface area contributed by atoms with Gasteiger partial charge in [-0.2, -0.15) is 0 Å². The van der Waals surface area contributed by atoms with Crippen LogP contribution in [0.2, 0.25) is 5.15 Å². The minimum absolute atomic E-state index is 0.438. The highest BCUT2D eigenvalue weighted by Crippen LogP contribution is 2.15. The number of aromatic nitrogens is 1. The van der Waals surface area contributed by atoms with E-state index in [-0.39, 0.29) is 0 Å². The number of ether oxygens (including phenoxy) is 1. The zero-order valence-electron chi connectivity index (χ0n) is 10.4. The zero-order valence-corrected chi connectivity index (χ0v) is 11.2. The van der Waals surface area contributed by atoms with E-state index in [0.717, 1.165) is 24.3 Å². The summed E-state index contributed by atoms with van der Waals surface area (Å²) in [4.78, 5) is 4.18. The summed E-state index contributed by atoms with van der Waals surface area (Å²) in [6, 6.07) is 13.7. The lowest BCUT2D eigenvalue weighted by molar-refractivity contribution is 0.301. The molecule has 2 nitrogen and oxygen atoms in total. The van der Waals surface area contributed by atoms with Crippen LogP contribution < -0.4 is 4.74 Å². The van der Waals surface area contributed by atoms with Gasteiger partial charge >= 0.3 is 0 Å². The lowest BCUT2D eigenvalue weighted by Gasteiger charge is -2.06. The van der Waals surface area contributed by atoms with Gasteiger partial charge in [-0.15, -0.1) is 0 Å². The van der Waals surface area contributed by atoms with Crippen LogP contribution in [0.25, 0.3) is 0 Å². The minimum atomic E-state index is 0.438. The molecule has 1 heterocycles. The first-order valence-electron chi connectivity index (χ1n) is 6.11. The van der Waals surface area contributed by atoms with Crippen molar-refractivity contribution in [3.63, 3.8) is 0 Å². The van der Waals surface area contributed by atoms with Gasteiger partial charge in [-0.05, 0) is 36.2 Å². The second-order valence-corrected chi connectivity index (χ2v) is 4.52. The van der Waals surface area contributed by atoms with Gasteiger partial charge in [0.05, 0.1) is 5.69 Å². The van der Waals surface area contributed by atoms with Crippen molar-refractivity contribution >= 4 is 11.6 Å². The summed E-state index contributed by atoms with van der Waals surface area (Å²) in [6.07, 6.45) is 2.27. The second-order valence-electron chi connectivity index (χ2n) is 4.13. The van der Waals surface area contributed by atoms with Gasteiger partial charge in [0.15, 0.2) is 0 Å². The third-order valence-corrected chi connectivity index (χ3v) is 2.83. The Bertz CT molecular complexity index is 496. The minimum Gasteiger partial charge on any atom is -0.487 e. The van der Waals surface area contributed by atoms with Crippen molar-refractivity contribution in [1.82, 2.24) is 4.98 Å². The van der Waals surface area contributed by atoms with Crippen LogP contribution in [0.3, 0.4) is 0 Å². The summed E-state index contributed by atoms with van der Waals surface area (Å²) < 4.78 is 5.66. The van der Waals surface area contributed by atoms with E-state index in [9.17, 15) is 0 Å². The topological polar surface area (TPSA) is 22.1 Å². The van der Waals surface area contributed by atoms with Crippen molar-refractivity contribution in [2.75, 3.05) is 0 Å². The number of benzene rings is 1. The van der Waals surface area contributed by atoms with Gasteiger partial charge in [0.1, 0.15) is 17.5 Å². The maximum absolute atomic E-state index is 5.82. The SMILES string of the molecule is CCCc1ccc(OCc2cccc(Cl)n2)cc1. The molecule has 0 bridgehead atoms. The van der Waals surface area contributed by atoms with Crippen LogP contribution >= 0.6 is 11.6 Å². The number of hydrogen-bond acceptors (Lipinski definition) is 2. The molecule has 18 heavy (non-hydrogen) atoms. The fraction of sp³-hybridized carbons (Fsp3) is 0.267. The van der Waals surface area contributed by atoms with Crippen molar-refractivity contribution < 1.29 is 4.74 Å². The van der Waals surface area contributed by atoms with Crippen LogP contribution in [-0.4, -0.2) is 4.98 Å². The predicted octanol–water partition coefficient (Wildman–Crippen LogP) is 4.27. The van der Waals surface area contributed by atoms with Gasteiger partial charge in [-0.3, -0.25) is 0 Å². The summed E-state index contributed by atoms with van der Waals surface area (Å²) in [7, 11) is 0. The third-order valence-electron chi connectivity index (χ3n) is 2.62. The van der Waals surface area contributed by atoms with Gasteiger partial charge in [-0.25, -0.2) is 4.98 Å². The van der Waals surface area contributed by atoms with Gasteiger partial charge in [0.25, 0.3) is 0 Å². The lowest BCUT2D eigenvalue weighted by Crippen LogP contribution is -1.98. The molecule has 94 valence electrons. The molecule has 0 aliphatic rings. The van der Waals surface area contributed by atoms with E-state index >= 15 is 0 Å². The number of hydrogen-bond donors (Lipinski definition) is 0. The molecule has 0 unspecified atom stereocenters. The van der Waals surface area contributed by atoms with E-state index in [2.05, 4.69) is 24.0 Å². The van der Waals surface area contributed by atoms with Crippen molar-refractivity contribution in [3.05, 3.63) is 58.9 Å². The largest absolute Gasteiger partial charge is 0.487 e. The maximum atomic E-state index is 5.82. The fourth-order valence-electron chi connectivity index (χ4n) is 1.73. The molecular formula is C15H16ClNO. The van der Waals surface area contributed by atoms with Crippen molar-refractivity contribution in [1.29, 1.82) is 0 Å². The molecule has 0 saturated heterocycles. The molecule has 0 amide bonds. The smallest absolute Gasteiger partial charge is 0.130 e. The summed E-state index contributed by atoms with van der Waals surface area (Å²) in [5, 5.41) is 0.495. The Morgan fingerprint density at radius 1 is 1.11 bits per heavy atom. The number of rotatable bonds is 5. The molecule has 1 aromatic carbocycles. The normalized spacial score (nSPS) is 10.3. The molecule has 0 aliphatic carbocycles. The quantitative estimate of drug-likeness (QED) is 0.750. The van der Waals surface area contributed by atoms with Crippen LogP contribution in [0.4, 0.5) is 0 Å². The average molecular weight is 262 g/mol. The molecule has 2 rings (SSSR count). The van der Waals surface area contributed by atoms with Crippen LogP contribution in [0.1, 0.15) is 24.6 Å². The Kier molecular flexibility index (Phi) is 4.59. The first-order valence-corrected chi connectivity index (χ1v) is 6.49. The maximum Gasteiger partial charge on any atom is 0.130 e. The number of aryl methyl sites for hydroxylation is 1. The van der Waals surface area contributed by atoms with Crippen molar-refractivity contribution in [3.8, 4) is 5.75 Å². The molecular weight excluding hydrogens is 246 g/mol. The van der Waals surface area contributed by atoms with Crippen LogP contribution in [0.15, 0.2) is 42.5 Å². The monoisotopic (exact) mass is 261 g/mol. The Hall–Kier alpha value is -1.54. The highest BCUT2D eigenvalue weighted by molar-refractivity contribution is 6.29. The average Bonchev–Trinajstić information content (AvgIpc) is 2.38. The Morgan fingerprint density at radius 2 is 1.89 bits per heavy atom. The fourth-order valence-corrected chi connectivity index (χ4v) is 1.91. The summed E-state index contributed by atoms with van der Waals surface area (Å²) in [5.41, 5.74) is 2.17. The van der Waals surface area contributed by atoms with E-state index in [4.69, 9.17) is 16.3 Å². The van der Waals surface area contributed by atoms with E-state index in [1.54, 1.807) is 6.07 Å². The number of halogens is 1. The highest BCUT2D eigenvalue weighted by Gasteiger charge is 1.98. The van der Waals surface area contributed by atoms with Gasteiger partial charge in [0.2, 0.25) is 0 Å². The Morgan fingerprint density at radius 3 is 2.56 bits per heavy atom. The van der Waals surface area contributed by atoms with Crippen molar-refractivity contribution in [2.45, 2.75) is 26.4 Å². The Balaban J connectivity index is 1.93. The molecule has 1 aromatic heterocycles. The molecule has 2 aromatic rings. The third kappa shape index (κ3) is 3.74. The van der Waals surface area contributed by atoms with Crippen LogP contribution in [-0.2, 0) is 13.0 Å². The first kappa shape index (κ1) is 12.9. The molecule has 0 fully saturated rings. The molecule has 0 N–H and O–H groups in total. The van der Waals surface area contributed by atoms with Crippen molar-refractivity contribution in [2.24, 2.45) is 0 Å². The van der Waals surface area contributed by atoms with E-state index in [0.29, 0.717) is 11.8 Å². The summed E-state index contributed by atoms with van der Waals surface area (Å²) in [6.45, 7) is 2.61. The predicted molar refractivity (Wildman–Crippen MR) is 74.0 cm³/mol. The molecule has 0 saturated carbocycles.